The first-order chi connectivity index (χ1) is 6.21. The molecule has 1 atom stereocenters. The lowest BCUT2D eigenvalue weighted by Gasteiger charge is -2.33. The molecule has 0 aromatic carbocycles. The first-order valence-corrected chi connectivity index (χ1v) is 4.77. The van der Waals surface area contributed by atoms with E-state index in [4.69, 9.17) is 4.74 Å². The van der Waals surface area contributed by atoms with Gasteiger partial charge in [0.1, 0.15) is 5.54 Å². The van der Waals surface area contributed by atoms with Gasteiger partial charge >= 0.3 is 5.97 Å². The third-order valence-corrected chi connectivity index (χ3v) is 2.74. The second kappa shape index (κ2) is 3.92. The number of carbonyl (C=O) groups excluding carboxylic acids is 1. The fourth-order valence-corrected chi connectivity index (χ4v) is 1.92. The van der Waals surface area contributed by atoms with Crippen molar-refractivity contribution in [3.63, 3.8) is 0 Å². The lowest BCUT2D eigenvalue weighted by molar-refractivity contribution is -0.145. The molecule has 0 aliphatic carbocycles. The zero-order chi connectivity index (χ0) is 9.90. The summed E-state index contributed by atoms with van der Waals surface area (Å²) in [7, 11) is 0. The van der Waals surface area contributed by atoms with Crippen molar-refractivity contribution in [2.45, 2.75) is 25.8 Å². The van der Waals surface area contributed by atoms with Crippen molar-refractivity contribution in [3.05, 3.63) is 12.7 Å². The number of esters is 1. The molecule has 1 aliphatic rings. The summed E-state index contributed by atoms with van der Waals surface area (Å²) in [6.07, 6.45) is 2.45. The molecule has 1 aliphatic heterocycles. The molecule has 13 heavy (non-hydrogen) atoms. The summed E-state index contributed by atoms with van der Waals surface area (Å²) >= 11 is 0. The van der Waals surface area contributed by atoms with Crippen LogP contribution in [-0.2, 0) is 9.53 Å². The Hall–Kier alpha value is -0.830. The highest BCUT2D eigenvalue weighted by Gasteiger charge is 2.45. The summed E-state index contributed by atoms with van der Waals surface area (Å²) in [5.74, 6) is -0.147. The number of rotatable bonds is 4. The predicted molar refractivity (Wildman–Crippen MR) is 51.4 cm³/mol. The van der Waals surface area contributed by atoms with Gasteiger partial charge < -0.3 is 4.74 Å². The molecule has 3 nitrogen and oxygen atoms in total. The average molecular weight is 183 g/mol. The number of hydrogen-bond acceptors (Lipinski definition) is 3. The van der Waals surface area contributed by atoms with Crippen LogP contribution >= 0.6 is 0 Å². The first kappa shape index (κ1) is 10.3. The number of cyclic esters (lactones) is 1. The van der Waals surface area contributed by atoms with Crippen LogP contribution in [0.3, 0.4) is 0 Å². The standard InChI is InChI=1S/C10H17NO2/c1-4-10(11(5-2)6-3)7-8-13-9(10)12/h4H,1,5-8H2,2-3H3/t10-/m1/s1. The molecule has 0 aromatic heterocycles. The highest BCUT2D eigenvalue weighted by molar-refractivity contribution is 5.85. The quantitative estimate of drug-likeness (QED) is 0.484. The molecular formula is C10H17NO2. The van der Waals surface area contributed by atoms with Crippen LogP contribution in [0.4, 0.5) is 0 Å². The van der Waals surface area contributed by atoms with E-state index in [0.717, 1.165) is 19.5 Å². The van der Waals surface area contributed by atoms with E-state index in [9.17, 15) is 4.79 Å². The van der Waals surface area contributed by atoms with Crippen molar-refractivity contribution in [1.29, 1.82) is 0 Å². The van der Waals surface area contributed by atoms with Crippen LogP contribution in [0.1, 0.15) is 20.3 Å². The normalized spacial score (nSPS) is 27.8. The number of ether oxygens (including phenoxy) is 1. The maximum atomic E-state index is 11.6. The molecule has 0 spiro atoms. The van der Waals surface area contributed by atoms with Crippen molar-refractivity contribution in [3.8, 4) is 0 Å². The van der Waals surface area contributed by atoms with Gasteiger partial charge in [0.2, 0.25) is 0 Å². The highest BCUT2D eigenvalue weighted by atomic mass is 16.5. The zero-order valence-electron chi connectivity index (χ0n) is 8.38. The third kappa shape index (κ3) is 1.48. The van der Waals surface area contributed by atoms with Gasteiger partial charge in [0.15, 0.2) is 0 Å². The van der Waals surface area contributed by atoms with Gasteiger partial charge in [0.05, 0.1) is 6.61 Å². The summed E-state index contributed by atoms with van der Waals surface area (Å²) < 4.78 is 4.99. The Morgan fingerprint density at radius 3 is 2.54 bits per heavy atom. The van der Waals surface area contributed by atoms with Crippen molar-refractivity contribution < 1.29 is 9.53 Å². The van der Waals surface area contributed by atoms with Gasteiger partial charge in [-0.25, -0.2) is 4.79 Å². The van der Waals surface area contributed by atoms with Gasteiger partial charge in [-0.2, -0.15) is 0 Å². The van der Waals surface area contributed by atoms with Crippen LogP contribution in [-0.4, -0.2) is 36.1 Å². The van der Waals surface area contributed by atoms with Crippen LogP contribution in [0, 0.1) is 0 Å². The van der Waals surface area contributed by atoms with Crippen LogP contribution in [0.2, 0.25) is 0 Å². The van der Waals surface area contributed by atoms with E-state index in [-0.39, 0.29) is 5.97 Å². The van der Waals surface area contributed by atoms with E-state index in [2.05, 4.69) is 11.5 Å². The molecule has 0 unspecified atom stereocenters. The highest BCUT2D eigenvalue weighted by Crippen LogP contribution is 2.28. The van der Waals surface area contributed by atoms with E-state index < -0.39 is 5.54 Å². The first-order valence-electron chi connectivity index (χ1n) is 4.77. The van der Waals surface area contributed by atoms with E-state index in [0.29, 0.717) is 6.61 Å². The number of likely N-dealkylation sites (N-methyl/N-ethyl adjacent to an activating group) is 1. The van der Waals surface area contributed by atoms with Crippen LogP contribution in [0.15, 0.2) is 12.7 Å². The minimum atomic E-state index is -0.552. The summed E-state index contributed by atoms with van der Waals surface area (Å²) in [5, 5.41) is 0. The maximum absolute atomic E-state index is 11.6. The molecule has 0 aromatic rings. The topological polar surface area (TPSA) is 29.5 Å². The molecule has 0 amide bonds. The zero-order valence-corrected chi connectivity index (χ0v) is 8.38. The molecule has 3 heteroatoms. The molecule has 0 radical (unpaired) electrons. The van der Waals surface area contributed by atoms with Gasteiger partial charge in [0.25, 0.3) is 0 Å². The SMILES string of the molecule is C=C[C@@]1(N(CC)CC)CCOC1=O. The van der Waals surface area contributed by atoms with Gasteiger partial charge in [-0.3, -0.25) is 4.90 Å². The third-order valence-electron chi connectivity index (χ3n) is 2.74. The molecule has 1 rings (SSSR count). The Labute approximate surface area is 79.4 Å². The number of hydrogen-bond donors (Lipinski definition) is 0. The second-order valence-electron chi connectivity index (χ2n) is 3.19. The predicted octanol–water partition coefficient (Wildman–Crippen LogP) is 1.20. The fraction of sp³-hybridized carbons (Fsp3) is 0.700. The summed E-state index contributed by atoms with van der Waals surface area (Å²) in [5.41, 5.74) is -0.552. The minimum absolute atomic E-state index is 0.147. The summed E-state index contributed by atoms with van der Waals surface area (Å²) in [6, 6.07) is 0. The second-order valence-corrected chi connectivity index (χ2v) is 3.19. The molecule has 0 N–H and O–H groups in total. The Morgan fingerprint density at radius 2 is 2.23 bits per heavy atom. The summed E-state index contributed by atoms with van der Waals surface area (Å²) in [6.45, 7) is 10.0. The van der Waals surface area contributed by atoms with E-state index >= 15 is 0 Å². The Balaban J connectivity index is 2.90. The largest absolute Gasteiger partial charge is 0.464 e. The molecule has 0 bridgehead atoms. The molecule has 1 fully saturated rings. The molecule has 0 saturated carbocycles. The van der Waals surface area contributed by atoms with Crippen molar-refractivity contribution in [2.75, 3.05) is 19.7 Å². The van der Waals surface area contributed by atoms with Crippen molar-refractivity contribution in [1.82, 2.24) is 4.90 Å². The van der Waals surface area contributed by atoms with Crippen molar-refractivity contribution >= 4 is 5.97 Å². The molecule has 1 saturated heterocycles. The monoisotopic (exact) mass is 183 g/mol. The maximum Gasteiger partial charge on any atom is 0.330 e. The van der Waals surface area contributed by atoms with Crippen molar-refractivity contribution in [2.24, 2.45) is 0 Å². The van der Waals surface area contributed by atoms with E-state index in [1.54, 1.807) is 6.08 Å². The van der Waals surface area contributed by atoms with Gasteiger partial charge in [-0.1, -0.05) is 19.9 Å². The lowest BCUT2D eigenvalue weighted by atomic mass is 9.95. The molecular weight excluding hydrogens is 166 g/mol. The Kier molecular flexibility index (Phi) is 3.09. The Morgan fingerprint density at radius 1 is 1.62 bits per heavy atom. The van der Waals surface area contributed by atoms with E-state index in [1.165, 1.54) is 0 Å². The Bertz CT molecular complexity index is 211. The van der Waals surface area contributed by atoms with Gasteiger partial charge in [-0.05, 0) is 13.1 Å². The smallest absolute Gasteiger partial charge is 0.330 e. The molecule has 74 valence electrons. The van der Waals surface area contributed by atoms with Gasteiger partial charge in [0, 0.05) is 6.42 Å². The van der Waals surface area contributed by atoms with Crippen LogP contribution < -0.4 is 0 Å². The fourth-order valence-electron chi connectivity index (χ4n) is 1.92. The van der Waals surface area contributed by atoms with Crippen LogP contribution in [0.5, 0.6) is 0 Å². The number of nitrogens with zero attached hydrogens (tertiary/aromatic N) is 1. The molecule has 1 heterocycles. The van der Waals surface area contributed by atoms with Crippen LogP contribution in [0.25, 0.3) is 0 Å². The average Bonchev–Trinajstić information content (AvgIpc) is 2.51. The minimum Gasteiger partial charge on any atom is -0.464 e. The van der Waals surface area contributed by atoms with E-state index in [1.807, 2.05) is 13.8 Å². The lowest BCUT2D eigenvalue weighted by Crippen LogP contribution is -2.50. The number of carbonyl (C=O) groups is 1. The summed E-state index contributed by atoms with van der Waals surface area (Å²) in [4.78, 5) is 13.6. The van der Waals surface area contributed by atoms with Gasteiger partial charge in [-0.15, -0.1) is 6.58 Å².